The van der Waals surface area contributed by atoms with Gasteiger partial charge in [0.1, 0.15) is 0 Å². The highest BCUT2D eigenvalue weighted by Crippen LogP contribution is 2.19. The maximum Gasteiger partial charge on any atom is 0.222 e. The van der Waals surface area contributed by atoms with E-state index in [0.29, 0.717) is 12.5 Å². The number of hydrogen-bond acceptors (Lipinski definition) is 2. The van der Waals surface area contributed by atoms with Crippen molar-refractivity contribution in [3.63, 3.8) is 0 Å². The van der Waals surface area contributed by atoms with E-state index in [1.165, 1.54) is 32.6 Å². The summed E-state index contributed by atoms with van der Waals surface area (Å²) in [6, 6.07) is 9.70. The first-order valence-electron chi connectivity index (χ1n) is 8.26. The zero-order valence-corrected chi connectivity index (χ0v) is 13.3. The third-order valence-corrected chi connectivity index (χ3v) is 4.19. The van der Waals surface area contributed by atoms with Gasteiger partial charge in [0, 0.05) is 13.0 Å². The average molecular weight is 302 g/mol. The number of benzene rings is 1. The molecule has 1 aromatic carbocycles. The minimum absolute atomic E-state index is 0.0227. The van der Waals surface area contributed by atoms with Crippen molar-refractivity contribution in [2.75, 3.05) is 0 Å². The summed E-state index contributed by atoms with van der Waals surface area (Å²) >= 11 is 0. The van der Waals surface area contributed by atoms with Crippen LogP contribution >= 0.6 is 0 Å². The van der Waals surface area contributed by atoms with Crippen molar-refractivity contribution in [1.29, 1.82) is 0 Å². The third kappa shape index (κ3) is 5.51. The van der Waals surface area contributed by atoms with Crippen molar-refractivity contribution >= 4 is 11.8 Å². The van der Waals surface area contributed by atoms with Crippen LogP contribution in [0.2, 0.25) is 0 Å². The Morgan fingerprint density at radius 1 is 1.09 bits per heavy atom. The van der Waals surface area contributed by atoms with Gasteiger partial charge in [0.25, 0.3) is 0 Å². The molecule has 0 heterocycles. The lowest BCUT2D eigenvalue weighted by Crippen LogP contribution is -2.37. The summed E-state index contributed by atoms with van der Waals surface area (Å²) in [7, 11) is 0. The summed E-state index contributed by atoms with van der Waals surface area (Å²) in [5, 5.41) is 6.02. The van der Waals surface area contributed by atoms with Gasteiger partial charge in [0.2, 0.25) is 11.8 Å². The van der Waals surface area contributed by atoms with Gasteiger partial charge in [-0.1, -0.05) is 56.0 Å². The monoisotopic (exact) mass is 302 g/mol. The summed E-state index contributed by atoms with van der Waals surface area (Å²) < 4.78 is 0. The Morgan fingerprint density at radius 3 is 2.32 bits per heavy atom. The van der Waals surface area contributed by atoms with Gasteiger partial charge in [-0.3, -0.25) is 9.59 Å². The minimum Gasteiger partial charge on any atom is -0.353 e. The molecule has 1 aliphatic carbocycles. The van der Waals surface area contributed by atoms with Crippen LogP contribution in [0.4, 0.5) is 0 Å². The number of nitrogens with one attached hydrogen (secondary N) is 2. The quantitative estimate of drug-likeness (QED) is 0.821. The Labute approximate surface area is 132 Å². The topological polar surface area (TPSA) is 58.2 Å². The Bertz CT molecular complexity index is 479. The number of rotatable bonds is 5. The zero-order chi connectivity index (χ0) is 15.8. The van der Waals surface area contributed by atoms with E-state index in [1.807, 2.05) is 30.3 Å². The fourth-order valence-corrected chi connectivity index (χ4v) is 3.08. The Balaban J connectivity index is 1.94. The molecular formula is C18H26N2O2. The normalized spacial score (nSPS) is 17.3. The Kier molecular flexibility index (Phi) is 6.44. The van der Waals surface area contributed by atoms with Crippen LogP contribution in [0.3, 0.4) is 0 Å². The van der Waals surface area contributed by atoms with Gasteiger partial charge in [-0.2, -0.15) is 0 Å². The highest BCUT2D eigenvalue weighted by molar-refractivity contribution is 5.79. The molecular weight excluding hydrogens is 276 g/mol. The molecule has 1 saturated carbocycles. The molecule has 120 valence electrons. The van der Waals surface area contributed by atoms with Crippen LogP contribution in [0.5, 0.6) is 0 Å². The van der Waals surface area contributed by atoms with Crippen LogP contribution in [0.1, 0.15) is 63.5 Å². The molecule has 1 fully saturated rings. The van der Waals surface area contributed by atoms with Crippen molar-refractivity contribution in [3.8, 4) is 0 Å². The molecule has 4 nitrogen and oxygen atoms in total. The molecule has 1 aliphatic rings. The van der Waals surface area contributed by atoms with E-state index >= 15 is 0 Å². The minimum atomic E-state index is -0.260. The highest BCUT2D eigenvalue weighted by atomic mass is 16.2. The Hall–Kier alpha value is -1.84. The molecule has 22 heavy (non-hydrogen) atoms. The first-order chi connectivity index (χ1) is 10.6. The third-order valence-electron chi connectivity index (χ3n) is 4.19. The van der Waals surface area contributed by atoms with E-state index in [-0.39, 0.29) is 17.9 Å². The molecule has 1 aromatic rings. The predicted molar refractivity (Wildman–Crippen MR) is 87.2 cm³/mol. The van der Waals surface area contributed by atoms with Crippen molar-refractivity contribution < 1.29 is 9.59 Å². The van der Waals surface area contributed by atoms with Crippen LogP contribution in [0, 0.1) is 0 Å². The van der Waals surface area contributed by atoms with E-state index < -0.39 is 0 Å². The van der Waals surface area contributed by atoms with E-state index in [9.17, 15) is 9.59 Å². The maximum atomic E-state index is 12.3. The summed E-state index contributed by atoms with van der Waals surface area (Å²) in [6.07, 6.45) is 7.36. The van der Waals surface area contributed by atoms with Crippen molar-refractivity contribution in [2.45, 2.75) is 64.0 Å². The SMILES string of the molecule is CC(=O)N[C@@H](CC(=O)NC1CCCCCC1)c1ccccc1. The molecule has 0 aromatic heterocycles. The van der Waals surface area contributed by atoms with Crippen LogP contribution in [0.25, 0.3) is 0 Å². The second-order valence-electron chi connectivity index (χ2n) is 6.12. The summed E-state index contributed by atoms with van der Waals surface area (Å²) in [5.74, 6) is -0.0920. The number of carbonyl (C=O) groups excluding carboxylic acids is 2. The molecule has 2 rings (SSSR count). The molecule has 0 bridgehead atoms. The molecule has 4 heteroatoms. The van der Waals surface area contributed by atoms with E-state index in [1.54, 1.807) is 0 Å². The molecule has 0 aliphatic heterocycles. The molecule has 1 atom stereocenters. The molecule has 0 saturated heterocycles. The van der Waals surface area contributed by atoms with Crippen LogP contribution < -0.4 is 10.6 Å². The lowest BCUT2D eigenvalue weighted by molar-refractivity contribution is -0.123. The largest absolute Gasteiger partial charge is 0.353 e. The van der Waals surface area contributed by atoms with E-state index in [2.05, 4.69) is 10.6 Å². The second-order valence-corrected chi connectivity index (χ2v) is 6.12. The van der Waals surface area contributed by atoms with Gasteiger partial charge in [-0.25, -0.2) is 0 Å². The number of hydrogen-bond donors (Lipinski definition) is 2. The van der Waals surface area contributed by atoms with Gasteiger partial charge < -0.3 is 10.6 Å². The maximum absolute atomic E-state index is 12.3. The van der Waals surface area contributed by atoms with E-state index in [4.69, 9.17) is 0 Å². The fraction of sp³-hybridized carbons (Fsp3) is 0.556. The molecule has 0 radical (unpaired) electrons. The summed E-state index contributed by atoms with van der Waals surface area (Å²) in [5.41, 5.74) is 0.966. The molecule has 2 amide bonds. The average Bonchev–Trinajstić information content (AvgIpc) is 2.75. The lowest BCUT2D eigenvalue weighted by Gasteiger charge is -2.21. The Morgan fingerprint density at radius 2 is 1.73 bits per heavy atom. The molecule has 0 spiro atoms. The van der Waals surface area contributed by atoms with Gasteiger partial charge in [-0.15, -0.1) is 0 Å². The number of carbonyl (C=O) groups is 2. The summed E-state index contributed by atoms with van der Waals surface area (Å²) in [4.78, 5) is 23.7. The fourth-order valence-electron chi connectivity index (χ4n) is 3.08. The molecule has 0 unspecified atom stereocenters. The first-order valence-corrected chi connectivity index (χ1v) is 8.26. The number of amides is 2. The smallest absolute Gasteiger partial charge is 0.222 e. The van der Waals surface area contributed by atoms with Gasteiger partial charge in [0.05, 0.1) is 12.5 Å². The highest BCUT2D eigenvalue weighted by Gasteiger charge is 2.20. The predicted octanol–water partition coefficient (Wildman–Crippen LogP) is 3.09. The summed E-state index contributed by atoms with van der Waals surface area (Å²) in [6.45, 7) is 1.49. The van der Waals surface area contributed by atoms with E-state index in [0.717, 1.165) is 18.4 Å². The van der Waals surface area contributed by atoms with Crippen LogP contribution in [-0.4, -0.2) is 17.9 Å². The first kappa shape index (κ1) is 16.5. The van der Waals surface area contributed by atoms with Crippen molar-refractivity contribution in [1.82, 2.24) is 10.6 Å². The second kappa shape index (κ2) is 8.57. The van der Waals surface area contributed by atoms with Crippen LogP contribution in [0.15, 0.2) is 30.3 Å². The molecule has 2 N–H and O–H groups in total. The van der Waals surface area contributed by atoms with Crippen LogP contribution in [-0.2, 0) is 9.59 Å². The standard InChI is InChI=1S/C18H26N2O2/c1-14(21)19-17(15-9-5-4-6-10-15)13-18(22)20-16-11-7-2-3-8-12-16/h4-6,9-10,16-17H,2-3,7-8,11-13H2,1H3,(H,19,21)(H,20,22)/t17-/m0/s1. The lowest BCUT2D eigenvalue weighted by atomic mass is 10.0. The van der Waals surface area contributed by atoms with Gasteiger partial charge >= 0.3 is 0 Å². The zero-order valence-electron chi connectivity index (χ0n) is 13.3. The van der Waals surface area contributed by atoms with Gasteiger partial charge in [-0.05, 0) is 18.4 Å². The van der Waals surface area contributed by atoms with Crippen molar-refractivity contribution in [2.24, 2.45) is 0 Å². The van der Waals surface area contributed by atoms with Gasteiger partial charge in [0.15, 0.2) is 0 Å². The van der Waals surface area contributed by atoms with Crippen molar-refractivity contribution in [3.05, 3.63) is 35.9 Å².